The van der Waals surface area contributed by atoms with Gasteiger partial charge in [0.1, 0.15) is 11.5 Å². The predicted molar refractivity (Wildman–Crippen MR) is 80.4 cm³/mol. The molecule has 7 nitrogen and oxygen atoms in total. The van der Waals surface area contributed by atoms with Crippen molar-refractivity contribution in [2.75, 3.05) is 20.0 Å². The minimum absolute atomic E-state index is 0.316. The van der Waals surface area contributed by atoms with Crippen molar-refractivity contribution in [2.45, 2.75) is 6.18 Å². The Balaban J connectivity index is 2.45. The van der Waals surface area contributed by atoms with Gasteiger partial charge in [0.05, 0.1) is 20.4 Å². The number of anilines is 1. The van der Waals surface area contributed by atoms with Crippen LogP contribution in [-0.2, 0) is 6.18 Å². The van der Waals surface area contributed by atoms with E-state index < -0.39 is 23.4 Å². The number of nitrogen functional groups attached to an aromatic ring is 1. The minimum atomic E-state index is -4.77. The number of alkyl halides is 3. The maximum absolute atomic E-state index is 12.6. The molecular formula is C14H13F3N4O3. The molecule has 0 spiro atoms. The first kappa shape index (κ1) is 17.3. The highest BCUT2D eigenvalue weighted by atomic mass is 19.4. The zero-order valence-electron chi connectivity index (χ0n) is 12.7. The fraction of sp³-hybridized carbons (Fsp3) is 0.214. The molecule has 24 heavy (non-hydrogen) atoms. The Morgan fingerprint density at radius 3 is 2.50 bits per heavy atom. The molecule has 0 aliphatic heterocycles. The fourth-order valence-electron chi connectivity index (χ4n) is 1.82. The number of ether oxygens (including phenoxy) is 2. The highest BCUT2D eigenvalue weighted by molar-refractivity contribution is 5.84. The van der Waals surface area contributed by atoms with Crippen molar-refractivity contribution >= 4 is 12.2 Å². The molecule has 0 fully saturated rings. The highest BCUT2D eigenvalue weighted by Gasteiger charge is 2.33. The zero-order valence-corrected chi connectivity index (χ0v) is 12.7. The van der Waals surface area contributed by atoms with E-state index >= 15 is 0 Å². The van der Waals surface area contributed by atoms with Crippen molar-refractivity contribution < 1.29 is 22.6 Å². The summed E-state index contributed by atoms with van der Waals surface area (Å²) in [6.07, 6.45) is -3.57. The molecule has 0 aliphatic carbocycles. The lowest BCUT2D eigenvalue weighted by atomic mass is 10.2. The molecule has 0 unspecified atom stereocenters. The van der Waals surface area contributed by atoms with E-state index in [1.807, 2.05) is 0 Å². The van der Waals surface area contributed by atoms with E-state index in [1.165, 1.54) is 20.4 Å². The molecule has 2 N–H and O–H groups in total. The standard InChI is InChI=1S/C14H13F3N4O3/c1-23-9-3-4-10(24-2)8(5-9)7-19-21-12(22)6-11(14(15,16)17)20-13(21)18/h3-7H,1-2H3,(H2,18,20)/b19-7-. The molecule has 0 saturated carbocycles. The van der Waals surface area contributed by atoms with Gasteiger partial charge in [-0.3, -0.25) is 4.79 Å². The summed E-state index contributed by atoms with van der Waals surface area (Å²) in [4.78, 5) is 14.9. The summed E-state index contributed by atoms with van der Waals surface area (Å²) in [6.45, 7) is 0. The first-order chi connectivity index (χ1) is 11.3. The van der Waals surface area contributed by atoms with E-state index in [1.54, 1.807) is 18.2 Å². The maximum Gasteiger partial charge on any atom is 0.433 e. The van der Waals surface area contributed by atoms with Crippen LogP contribution in [0.15, 0.2) is 34.2 Å². The van der Waals surface area contributed by atoms with Gasteiger partial charge < -0.3 is 15.2 Å². The summed E-state index contributed by atoms with van der Waals surface area (Å²) in [6, 6.07) is 5.14. The summed E-state index contributed by atoms with van der Waals surface area (Å²) in [5.74, 6) is 0.238. The summed E-state index contributed by atoms with van der Waals surface area (Å²) >= 11 is 0. The predicted octanol–water partition coefficient (Wildman–Crippen LogP) is 1.74. The lowest BCUT2D eigenvalue weighted by Gasteiger charge is -2.09. The van der Waals surface area contributed by atoms with Gasteiger partial charge in [0.25, 0.3) is 5.56 Å². The summed E-state index contributed by atoms with van der Waals surface area (Å²) in [7, 11) is 2.89. The number of aromatic nitrogens is 2. The Morgan fingerprint density at radius 2 is 1.96 bits per heavy atom. The van der Waals surface area contributed by atoms with E-state index in [0.717, 1.165) is 0 Å². The zero-order chi connectivity index (χ0) is 17.9. The van der Waals surface area contributed by atoms with Crippen LogP contribution in [0, 0.1) is 0 Å². The Hall–Kier alpha value is -3.04. The first-order valence-corrected chi connectivity index (χ1v) is 6.49. The molecule has 0 saturated heterocycles. The second kappa shape index (κ2) is 6.60. The largest absolute Gasteiger partial charge is 0.497 e. The molecular weight excluding hydrogens is 329 g/mol. The Morgan fingerprint density at radius 1 is 1.25 bits per heavy atom. The molecule has 1 aromatic heterocycles. The van der Waals surface area contributed by atoms with Crippen LogP contribution in [0.2, 0.25) is 0 Å². The Kier molecular flexibility index (Phi) is 4.77. The van der Waals surface area contributed by atoms with Gasteiger partial charge in [-0.15, -0.1) is 0 Å². The van der Waals surface area contributed by atoms with Gasteiger partial charge in [-0.25, -0.2) is 4.98 Å². The van der Waals surface area contributed by atoms with Crippen LogP contribution in [0.4, 0.5) is 19.1 Å². The third kappa shape index (κ3) is 3.65. The van der Waals surface area contributed by atoms with Crippen LogP contribution in [0.5, 0.6) is 11.5 Å². The smallest absolute Gasteiger partial charge is 0.433 e. The van der Waals surface area contributed by atoms with Gasteiger partial charge in [-0.05, 0) is 18.2 Å². The molecule has 0 radical (unpaired) electrons. The van der Waals surface area contributed by atoms with E-state index in [0.29, 0.717) is 27.8 Å². The second-order valence-electron chi connectivity index (χ2n) is 4.50. The molecule has 1 heterocycles. The number of hydrogen-bond donors (Lipinski definition) is 1. The molecule has 0 aliphatic rings. The van der Waals surface area contributed by atoms with Crippen LogP contribution in [0.3, 0.4) is 0 Å². The molecule has 0 amide bonds. The van der Waals surface area contributed by atoms with E-state index in [4.69, 9.17) is 15.2 Å². The SMILES string of the molecule is COc1ccc(OC)c(/C=N\n2c(N)nc(C(F)(F)F)cc2=O)c1. The monoisotopic (exact) mass is 342 g/mol. The second-order valence-corrected chi connectivity index (χ2v) is 4.50. The Bertz CT molecular complexity index is 831. The van der Waals surface area contributed by atoms with Crippen LogP contribution in [0.25, 0.3) is 0 Å². The molecule has 2 rings (SSSR count). The van der Waals surface area contributed by atoms with Crippen molar-refractivity contribution in [1.82, 2.24) is 9.66 Å². The average molecular weight is 342 g/mol. The number of hydrogen-bond acceptors (Lipinski definition) is 6. The summed E-state index contributed by atoms with van der Waals surface area (Å²) < 4.78 is 48.5. The van der Waals surface area contributed by atoms with Crippen LogP contribution < -0.4 is 20.8 Å². The summed E-state index contributed by atoms with van der Waals surface area (Å²) in [5.41, 5.74) is 3.38. The van der Waals surface area contributed by atoms with Gasteiger partial charge >= 0.3 is 6.18 Å². The number of nitrogens with two attached hydrogens (primary N) is 1. The van der Waals surface area contributed by atoms with Gasteiger partial charge in [0.15, 0.2) is 5.69 Å². The third-order valence-corrected chi connectivity index (χ3v) is 2.96. The van der Waals surface area contributed by atoms with Crippen molar-refractivity contribution in [3.8, 4) is 11.5 Å². The Labute approximate surface area is 134 Å². The van der Waals surface area contributed by atoms with Crippen molar-refractivity contribution in [3.63, 3.8) is 0 Å². The minimum Gasteiger partial charge on any atom is -0.497 e. The molecule has 1 aromatic carbocycles. The number of rotatable bonds is 4. The number of methoxy groups -OCH3 is 2. The quantitative estimate of drug-likeness (QED) is 0.855. The molecule has 2 aromatic rings. The highest BCUT2D eigenvalue weighted by Crippen LogP contribution is 2.27. The molecule has 128 valence electrons. The van der Waals surface area contributed by atoms with Crippen LogP contribution in [-0.4, -0.2) is 30.1 Å². The van der Waals surface area contributed by atoms with Crippen LogP contribution >= 0.6 is 0 Å². The lowest BCUT2D eigenvalue weighted by Crippen LogP contribution is -2.24. The molecule has 0 bridgehead atoms. The number of halogens is 3. The van der Waals surface area contributed by atoms with Crippen molar-refractivity contribution in [1.29, 1.82) is 0 Å². The number of benzene rings is 1. The fourth-order valence-corrected chi connectivity index (χ4v) is 1.82. The normalized spacial score (nSPS) is 11.7. The van der Waals surface area contributed by atoms with E-state index in [-0.39, 0.29) is 0 Å². The maximum atomic E-state index is 12.6. The van der Waals surface area contributed by atoms with Gasteiger partial charge in [-0.2, -0.15) is 22.9 Å². The van der Waals surface area contributed by atoms with Crippen LogP contribution in [0.1, 0.15) is 11.3 Å². The average Bonchev–Trinajstić information content (AvgIpc) is 2.52. The topological polar surface area (TPSA) is 91.7 Å². The first-order valence-electron chi connectivity index (χ1n) is 6.49. The van der Waals surface area contributed by atoms with Gasteiger partial charge in [0, 0.05) is 11.6 Å². The molecule has 0 atom stereocenters. The lowest BCUT2D eigenvalue weighted by molar-refractivity contribution is -0.141. The molecule has 10 heteroatoms. The van der Waals surface area contributed by atoms with Crippen molar-refractivity contribution in [3.05, 3.63) is 45.9 Å². The summed E-state index contributed by atoms with van der Waals surface area (Å²) in [5, 5.41) is 3.77. The van der Waals surface area contributed by atoms with Gasteiger partial charge in [-0.1, -0.05) is 0 Å². The van der Waals surface area contributed by atoms with E-state index in [2.05, 4.69) is 10.1 Å². The van der Waals surface area contributed by atoms with Gasteiger partial charge in [0.2, 0.25) is 5.95 Å². The van der Waals surface area contributed by atoms with Crippen molar-refractivity contribution in [2.24, 2.45) is 5.10 Å². The number of nitrogens with zero attached hydrogens (tertiary/aromatic N) is 3. The van der Waals surface area contributed by atoms with E-state index in [9.17, 15) is 18.0 Å². The third-order valence-electron chi connectivity index (χ3n) is 2.96.